The van der Waals surface area contributed by atoms with Gasteiger partial charge in [-0.2, -0.15) is 26.3 Å². The SMILES string of the molecule is CC(CN1CCC(CN2CCOCC2)CC1)n1cnc2ccccc21.O=C(O)C(F)(F)F.O=C(O)C(F)(F)F. The van der Waals surface area contributed by atoms with Crippen LogP contribution >= 0.6 is 0 Å². The molecule has 0 radical (unpaired) electrons. The minimum absolute atomic E-state index is 0.461. The smallest absolute Gasteiger partial charge is 0.475 e. The molecule has 2 N–H and O–H groups in total. The highest BCUT2D eigenvalue weighted by molar-refractivity contribution is 5.75. The Bertz CT molecular complexity index is 1020. The second kappa shape index (κ2) is 14.5. The van der Waals surface area contributed by atoms with E-state index in [0.29, 0.717) is 6.04 Å². The molecule has 220 valence electrons. The molecular weight excluding hydrogens is 538 g/mol. The molecule has 1 atom stereocenters. The van der Waals surface area contributed by atoms with Crippen LogP contribution in [0.3, 0.4) is 0 Å². The Morgan fingerprint density at radius 2 is 1.46 bits per heavy atom. The van der Waals surface area contributed by atoms with Crippen LogP contribution in [0.5, 0.6) is 0 Å². The van der Waals surface area contributed by atoms with Crippen LogP contribution in [-0.2, 0) is 14.3 Å². The number of benzene rings is 1. The van der Waals surface area contributed by atoms with E-state index in [0.717, 1.165) is 44.3 Å². The van der Waals surface area contributed by atoms with Crippen molar-refractivity contribution in [1.29, 1.82) is 0 Å². The predicted octanol–water partition coefficient (Wildman–Crippen LogP) is 3.91. The van der Waals surface area contributed by atoms with Gasteiger partial charge in [0.2, 0.25) is 0 Å². The lowest BCUT2D eigenvalue weighted by atomic mass is 9.95. The third-order valence-corrected chi connectivity index (χ3v) is 6.29. The average Bonchev–Trinajstić information content (AvgIpc) is 3.30. The summed E-state index contributed by atoms with van der Waals surface area (Å²) in [4.78, 5) is 27.6. The van der Waals surface area contributed by atoms with Gasteiger partial charge in [0.1, 0.15) is 0 Å². The van der Waals surface area contributed by atoms with Crippen molar-refractivity contribution in [2.45, 2.75) is 38.2 Å². The molecule has 0 spiro atoms. The molecule has 9 nitrogen and oxygen atoms in total. The van der Waals surface area contributed by atoms with Crippen LogP contribution in [0.2, 0.25) is 0 Å². The first-order chi connectivity index (χ1) is 18.2. The van der Waals surface area contributed by atoms with E-state index in [-0.39, 0.29) is 0 Å². The number of alkyl halides is 6. The van der Waals surface area contributed by atoms with Crippen molar-refractivity contribution in [2.24, 2.45) is 5.92 Å². The van der Waals surface area contributed by atoms with E-state index in [9.17, 15) is 26.3 Å². The molecule has 1 aromatic heterocycles. The highest BCUT2D eigenvalue weighted by Gasteiger charge is 2.38. The van der Waals surface area contributed by atoms with Crippen LogP contribution in [0.15, 0.2) is 30.6 Å². The molecule has 1 unspecified atom stereocenters. The molecule has 2 aromatic rings. The zero-order chi connectivity index (χ0) is 29.2. The van der Waals surface area contributed by atoms with Gasteiger partial charge in [-0.3, -0.25) is 4.90 Å². The van der Waals surface area contributed by atoms with E-state index in [4.69, 9.17) is 24.5 Å². The summed E-state index contributed by atoms with van der Waals surface area (Å²) in [6.07, 6.45) is -5.51. The Kier molecular flexibility index (Phi) is 12.0. The number of fused-ring (bicyclic) bond motifs is 1. The molecule has 3 heterocycles. The fraction of sp³-hybridized carbons (Fsp3) is 0.625. The molecule has 0 aliphatic carbocycles. The maximum atomic E-state index is 10.6. The number of para-hydroxylation sites is 2. The lowest BCUT2D eigenvalue weighted by Crippen LogP contribution is -2.43. The zero-order valence-corrected chi connectivity index (χ0v) is 21.3. The number of carbonyl (C=O) groups is 2. The number of nitrogens with zero attached hydrogens (tertiary/aromatic N) is 4. The minimum Gasteiger partial charge on any atom is -0.475 e. The third kappa shape index (κ3) is 11.0. The van der Waals surface area contributed by atoms with E-state index >= 15 is 0 Å². The molecule has 4 rings (SSSR count). The van der Waals surface area contributed by atoms with Crippen LogP contribution in [0.1, 0.15) is 25.8 Å². The van der Waals surface area contributed by atoms with E-state index in [1.54, 1.807) is 0 Å². The summed E-state index contributed by atoms with van der Waals surface area (Å²) >= 11 is 0. The van der Waals surface area contributed by atoms with Crippen LogP contribution in [-0.4, -0.2) is 106 Å². The number of piperidine rings is 1. The summed E-state index contributed by atoms with van der Waals surface area (Å²) < 4.78 is 71.3. The Labute approximate surface area is 220 Å². The molecular formula is C24H32F6N4O5. The van der Waals surface area contributed by atoms with E-state index < -0.39 is 24.3 Å². The van der Waals surface area contributed by atoms with Crippen LogP contribution in [0.4, 0.5) is 26.3 Å². The maximum absolute atomic E-state index is 10.6. The largest absolute Gasteiger partial charge is 0.490 e. The van der Waals surface area contributed by atoms with Crippen molar-refractivity contribution in [3.8, 4) is 0 Å². The molecule has 1 aromatic carbocycles. The first-order valence-corrected chi connectivity index (χ1v) is 12.2. The highest BCUT2D eigenvalue weighted by atomic mass is 19.4. The summed E-state index contributed by atoms with van der Waals surface area (Å²) in [5, 5.41) is 14.2. The molecule has 2 aliphatic heterocycles. The second-order valence-corrected chi connectivity index (χ2v) is 9.25. The first kappa shape index (κ1) is 32.3. The molecule has 2 aliphatic rings. The summed E-state index contributed by atoms with van der Waals surface area (Å²) in [6, 6.07) is 8.89. The normalized spacial score (nSPS) is 18.4. The number of aliphatic carboxylic acids is 2. The number of likely N-dealkylation sites (tertiary alicyclic amines) is 1. The van der Waals surface area contributed by atoms with Crippen LogP contribution in [0, 0.1) is 5.92 Å². The van der Waals surface area contributed by atoms with Gasteiger partial charge in [0.25, 0.3) is 0 Å². The molecule has 2 saturated heterocycles. The molecule has 15 heteroatoms. The van der Waals surface area contributed by atoms with Gasteiger partial charge >= 0.3 is 24.3 Å². The van der Waals surface area contributed by atoms with Crippen LogP contribution < -0.4 is 0 Å². The van der Waals surface area contributed by atoms with Crippen molar-refractivity contribution in [1.82, 2.24) is 19.4 Å². The number of carboxylic acids is 2. The summed E-state index contributed by atoms with van der Waals surface area (Å²) in [7, 11) is 0. The summed E-state index contributed by atoms with van der Waals surface area (Å²) in [6.45, 7) is 11.2. The zero-order valence-electron chi connectivity index (χ0n) is 21.3. The number of aromatic nitrogens is 2. The summed E-state index contributed by atoms with van der Waals surface area (Å²) in [5.41, 5.74) is 2.34. The lowest BCUT2D eigenvalue weighted by Gasteiger charge is -2.37. The standard InChI is InChI=1S/C20H30N4O.2C2HF3O2/c1-17(24-16-21-19-4-2-3-5-20(19)24)14-22-8-6-18(7-9-22)15-23-10-12-25-13-11-23;2*3-2(4,5)1(6)7/h2-5,16-18H,6-15H2,1H3;2*(H,6,7). The number of hydrogen-bond donors (Lipinski definition) is 2. The highest BCUT2D eigenvalue weighted by Crippen LogP contribution is 2.23. The van der Waals surface area contributed by atoms with Gasteiger partial charge in [-0.25, -0.2) is 14.6 Å². The molecule has 0 bridgehead atoms. The number of hydrogen-bond acceptors (Lipinski definition) is 6. The molecule has 39 heavy (non-hydrogen) atoms. The number of morpholine rings is 1. The fourth-order valence-corrected chi connectivity index (χ4v) is 4.29. The van der Waals surface area contributed by atoms with Gasteiger partial charge in [0.15, 0.2) is 0 Å². The Morgan fingerprint density at radius 3 is 1.97 bits per heavy atom. The van der Waals surface area contributed by atoms with Crippen molar-refractivity contribution < 1.29 is 50.9 Å². The van der Waals surface area contributed by atoms with E-state index in [1.165, 1.54) is 38.0 Å². The van der Waals surface area contributed by atoms with E-state index in [2.05, 4.69) is 50.5 Å². The van der Waals surface area contributed by atoms with E-state index in [1.807, 2.05) is 6.33 Å². The minimum atomic E-state index is -5.08. The Balaban J connectivity index is 0.000000317. The molecule has 2 fully saturated rings. The molecule has 0 amide bonds. The van der Waals surface area contributed by atoms with Gasteiger partial charge in [-0.1, -0.05) is 12.1 Å². The average molecular weight is 571 g/mol. The number of imidazole rings is 1. The Hall–Kier alpha value is -2.91. The topological polar surface area (TPSA) is 108 Å². The predicted molar refractivity (Wildman–Crippen MR) is 128 cm³/mol. The third-order valence-electron chi connectivity index (χ3n) is 6.29. The first-order valence-electron chi connectivity index (χ1n) is 12.2. The number of ether oxygens (including phenoxy) is 1. The van der Waals surface area contributed by atoms with Gasteiger partial charge in [0.05, 0.1) is 30.6 Å². The second-order valence-electron chi connectivity index (χ2n) is 9.25. The van der Waals surface area contributed by atoms with Gasteiger partial charge in [-0.05, 0) is 50.9 Å². The van der Waals surface area contributed by atoms with Gasteiger partial charge < -0.3 is 24.4 Å². The quantitative estimate of drug-likeness (QED) is 0.522. The lowest BCUT2D eigenvalue weighted by molar-refractivity contribution is -0.193. The Morgan fingerprint density at radius 1 is 0.949 bits per heavy atom. The van der Waals surface area contributed by atoms with Gasteiger partial charge in [0, 0.05) is 32.2 Å². The fourth-order valence-electron chi connectivity index (χ4n) is 4.29. The number of rotatable bonds is 5. The van der Waals surface area contributed by atoms with Crippen LogP contribution in [0.25, 0.3) is 11.0 Å². The van der Waals surface area contributed by atoms with Crippen molar-refractivity contribution in [3.63, 3.8) is 0 Å². The van der Waals surface area contributed by atoms with Crippen molar-refractivity contribution >= 4 is 23.0 Å². The maximum Gasteiger partial charge on any atom is 0.490 e. The summed E-state index contributed by atoms with van der Waals surface area (Å²) in [5.74, 6) is -4.65. The monoisotopic (exact) mass is 570 g/mol. The van der Waals surface area contributed by atoms with Crippen molar-refractivity contribution in [2.75, 3.05) is 52.5 Å². The number of halogens is 6. The number of carboxylic acid groups (broad SMARTS) is 2. The van der Waals surface area contributed by atoms with Crippen molar-refractivity contribution in [3.05, 3.63) is 30.6 Å². The van der Waals surface area contributed by atoms with Gasteiger partial charge in [-0.15, -0.1) is 0 Å². The molecule has 0 saturated carbocycles.